The summed E-state index contributed by atoms with van der Waals surface area (Å²) in [5.41, 5.74) is 1.18. The SMILES string of the molecule is COc1ccccc1N1C(=O)C(=O)/C(=C(/O)c2cc(C)cc(Cl)c2OC)C1c1ccc(C)o1. The van der Waals surface area contributed by atoms with Crippen LogP contribution in [0.4, 0.5) is 5.69 Å². The number of furan rings is 1. The minimum Gasteiger partial charge on any atom is -0.507 e. The lowest BCUT2D eigenvalue weighted by Crippen LogP contribution is -2.29. The maximum Gasteiger partial charge on any atom is 0.300 e. The van der Waals surface area contributed by atoms with Crippen molar-refractivity contribution in [1.29, 1.82) is 0 Å². The van der Waals surface area contributed by atoms with Crippen LogP contribution >= 0.6 is 11.6 Å². The number of nitrogens with zero attached hydrogens (tertiary/aromatic N) is 1. The fraction of sp³-hybridized carbons (Fsp3) is 0.200. The number of rotatable bonds is 5. The van der Waals surface area contributed by atoms with Crippen LogP contribution in [0.2, 0.25) is 5.02 Å². The van der Waals surface area contributed by atoms with Gasteiger partial charge in [0.1, 0.15) is 34.8 Å². The molecule has 33 heavy (non-hydrogen) atoms. The molecule has 1 saturated heterocycles. The van der Waals surface area contributed by atoms with E-state index in [9.17, 15) is 14.7 Å². The number of para-hydroxylation sites is 2. The van der Waals surface area contributed by atoms with E-state index in [2.05, 4.69) is 0 Å². The Kier molecular flexibility index (Phi) is 5.91. The van der Waals surface area contributed by atoms with Crippen molar-refractivity contribution in [2.45, 2.75) is 19.9 Å². The van der Waals surface area contributed by atoms with Crippen LogP contribution in [0.25, 0.3) is 5.76 Å². The number of benzene rings is 2. The normalized spacial score (nSPS) is 17.5. The van der Waals surface area contributed by atoms with Crippen molar-refractivity contribution in [3.8, 4) is 11.5 Å². The van der Waals surface area contributed by atoms with Crippen LogP contribution in [-0.4, -0.2) is 31.0 Å². The number of aliphatic hydroxyl groups excluding tert-OH is 1. The first kappa shape index (κ1) is 22.5. The molecule has 1 atom stereocenters. The summed E-state index contributed by atoms with van der Waals surface area (Å²) in [6.45, 7) is 3.55. The van der Waals surface area contributed by atoms with Gasteiger partial charge in [-0.3, -0.25) is 14.5 Å². The second kappa shape index (κ2) is 8.67. The van der Waals surface area contributed by atoms with Gasteiger partial charge in [-0.15, -0.1) is 0 Å². The van der Waals surface area contributed by atoms with E-state index in [1.165, 1.54) is 19.1 Å². The minimum absolute atomic E-state index is 0.139. The number of amides is 1. The summed E-state index contributed by atoms with van der Waals surface area (Å²) < 4.78 is 16.6. The zero-order chi connectivity index (χ0) is 23.9. The van der Waals surface area contributed by atoms with Gasteiger partial charge in [0.25, 0.3) is 11.7 Å². The number of Topliss-reactive ketones (excluding diaryl/α,β-unsaturated/α-hetero) is 1. The van der Waals surface area contributed by atoms with E-state index >= 15 is 0 Å². The largest absolute Gasteiger partial charge is 0.507 e. The number of hydrogen-bond donors (Lipinski definition) is 1. The fourth-order valence-corrected chi connectivity index (χ4v) is 4.39. The molecule has 1 unspecified atom stereocenters. The molecular formula is C25H22ClNO6. The van der Waals surface area contributed by atoms with Crippen LogP contribution in [0.1, 0.15) is 28.7 Å². The quantitative estimate of drug-likeness (QED) is 0.315. The standard InChI is InChI=1S/C25H22ClNO6/c1-13-11-15(24(32-4)16(26)12-13)22(28)20-21(19-10-9-14(2)33-19)27(25(30)23(20)29)17-7-5-6-8-18(17)31-3/h5-12,21,28H,1-4H3/b22-20+. The molecule has 170 valence electrons. The summed E-state index contributed by atoms with van der Waals surface area (Å²) in [6.07, 6.45) is 0. The van der Waals surface area contributed by atoms with Gasteiger partial charge in [-0.05, 0) is 55.8 Å². The minimum atomic E-state index is -1.03. The summed E-state index contributed by atoms with van der Waals surface area (Å²) >= 11 is 6.32. The molecule has 0 aliphatic carbocycles. The Morgan fingerprint density at radius 2 is 1.79 bits per heavy atom. The van der Waals surface area contributed by atoms with Crippen LogP contribution in [0.5, 0.6) is 11.5 Å². The zero-order valence-electron chi connectivity index (χ0n) is 18.5. The lowest BCUT2D eigenvalue weighted by Gasteiger charge is -2.25. The number of methoxy groups -OCH3 is 2. The maximum absolute atomic E-state index is 13.3. The molecule has 1 aliphatic heterocycles. The topological polar surface area (TPSA) is 89.2 Å². The fourth-order valence-electron chi connectivity index (χ4n) is 4.04. The van der Waals surface area contributed by atoms with Crippen molar-refractivity contribution in [3.63, 3.8) is 0 Å². The third-order valence-electron chi connectivity index (χ3n) is 5.47. The molecule has 0 saturated carbocycles. The van der Waals surface area contributed by atoms with Crippen molar-refractivity contribution in [1.82, 2.24) is 0 Å². The van der Waals surface area contributed by atoms with Crippen LogP contribution in [0, 0.1) is 13.8 Å². The van der Waals surface area contributed by atoms with E-state index in [4.69, 9.17) is 25.5 Å². The number of halogens is 1. The van der Waals surface area contributed by atoms with Crippen LogP contribution in [0.15, 0.2) is 58.5 Å². The molecular weight excluding hydrogens is 446 g/mol. The Hall–Kier alpha value is -3.71. The molecule has 4 rings (SSSR count). The van der Waals surface area contributed by atoms with Gasteiger partial charge < -0.3 is 19.0 Å². The highest BCUT2D eigenvalue weighted by Gasteiger charge is 2.49. The van der Waals surface area contributed by atoms with E-state index < -0.39 is 23.5 Å². The molecule has 1 aliphatic rings. The Bertz CT molecular complexity index is 1290. The van der Waals surface area contributed by atoms with E-state index in [0.717, 1.165) is 5.56 Å². The second-order valence-corrected chi connectivity index (χ2v) is 8.02. The molecule has 0 spiro atoms. The first-order valence-electron chi connectivity index (χ1n) is 10.1. The predicted octanol–water partition coefficient (Wildman–Crippen LogP) is 5.19. The van der Waals surface area contributed by atoms with Gasteiger partial charge in [-0.2, -0.15) is 0 Å². The number of hydrogen-bond acceptors (Lipinski definition) is 6. The molecule has 2 aromatic carbocycles. The Morgan fingerprint density at radius 3 is 2.42 bits per heavy atom. The molecule has 1 aromatic heterocycles. The molecule has 0 radical (unpaired) electrons. The first-order chi connectivity index (χ1) is 15.8. The van der Waals surface area contributed by atoms with Crippen molar-refractivity contribution < 1.29 is 28.6 Å². The van der Waals surface area contributed by atoms with Crippen molar-refractivity contribution >= 4 is 34.7 Å². The van der Waals surface area contributed by atoms with Crippen LogP contribution < -0.4 is 14.4 Å². The molecule has 1 fully saturated rings. The summed E-state index contributed by atoms with van der Waals surface area (Å²) in [4.78, 5) is 27.8. The lowest BCUT2D eigenvalue weighted by atomic mass is 9.97. The third-order valence-corrected chi connectivity index (χ3v) is 5.75. The van der Waals surface area contributed by atoms with Gasteiger partial charge in [0.05, 0.1) is 36.1 Å². The van der Waals surface area contributed by atoms with E-state index in [1.54, 1.807) is 62.4 Å². The van der Waals surface area contributed by atoms with Crippen molar-refractivity contribution in [2.75, 3.05) is 19.1 Å². The maximum atomic E-state index is 13.3. The summed E-state index contributed by atoms with van der Waals surface area (Å²) in [7, 11) is 2.88. The molecule has 2 heterocycles. The van der Waals surface area contributed by atoms with Gasteiger partial charge in [0, 0.05) is 0 Å². The lowest BCUT2D eigenvalue weighted by molar-refractivity contribution is -0.132. The number of carbonyl (C=O) groups is 2. The third kappa shape index (κ3) is 3.74. The second-order valence-electron chi connectivity index (χ2n) is 7.62. The van der Waals surface area contributed by atoms with Gasteiger partial charge in [0.2, 0.25) is 0 Å². The number of aliphatic hydroxyl groups is 1. The Labute approximate surface area is 195 Å². The molecule has 0 bridgehead atoms. The Balaban J connectivity index is 2.02. The van der Waals surface area contributed by atoms with Gasteiger partial charge >= 0.3 is 0 Å². The van der Waals surface area contributed by atoms with E-state index in [1.807, 2.05) is 0 Å². The predicted molar refractivity (Wildman–Crippen MR) is 124 cm³/mol. The number of anilines is 1. The summed E-state index contributed by atoms with van der Waals surface area (Å²) in [5.74, 6) is -0.604. The molecule has 1 amide bonds. The van der Waals surface area contributed by atoms with Gasteiger partial charge in [-0.1, -0.05) is 23.7 Å². The number of ether oxygens (including phenoxy) is 2. The Morgan fingerprint density at radius 1 is 1.06 bits per heavy atom. The zero-order valence-corrected chi connectivity index (χ0v) is 19.3. The number of aryl methyl sites for hydroxylation is 2. The van der Waals surface area contributed by atoms with Crippen LogP contribution in [0.3, 0.4) is 0 Å². The molecule has 8 heteroatoms. The highest BCUT2D eigenvalue weighted by molar-refractivity contribution is 6.52. The summed E-state index contributed by atoms with van der Waals surface area (Å²) in [5, 5.41) is 11.6. The van der Waals surface area contributed by atoms with Crippen molar-refractivity contribution in [2.24, 2.45) is 0 Å². The van der Waals surface area contributed by atoms with Crippen molar-refractivity contribution in [3.05, 3.63) is 81.8 Å². The summed E-state index contributed by atoms with van der Waals surface area (Å²) in [6, 6.07) is 12.5. The number of ketones is 1. The number of carbonyl (C=O) groups excluding carboxylic acids is 2. The highest BCUT2D eigenvalue weighted by atomic mass is 35.5. The van der Waals surface area contributed by atoms with Crippen LogP contribution in [-0.2, 0) is 9.59 Å². The first-order valence-corrected chi connectivity index (χ1v) is 10.5. The van der Waals surface area contributed by atoms with E-state index in [0.29, 0.717) is 23.0 Å². The van der Waals surface area contributed by atoms with Gasteiger partial charge in [0.15, 0.2) is 0 Å². The average molecular weight is 468 g/mol. The molecule has 7 nitrogen and oxygen atoms in total. The molecule has 3 aromatic rings. The average Bonchev–Trinajstić information content (AvgIpc) is 3.33. The van der Waals surface area contributed by atoms with Gasteiger partial charge in [-0.25, -0.2) is 0 Å². The van der Waals surface area contributed by atoms with E-state index in [-0.39, 0.29) is 21.9 Å². The highest BCUT2D eigenvalue weighted by Crippen LogP contribution is 2.46. The smallest absolute Gasteiger partial charge is 0.300 e. The monoisotopic (exact) mass is 467 g/mol. The molecule has 1 N–H and O–H groups in total.